The van der Waals surface area contributed by atoms with Crippen molar-refractivity contribution < 1.29 is 0 Å². The zero-order chi connectivity index (χ0) is 7.68. The number of aromatic amines is 1. The van der Waals surface area contributed by atoms with E-state index in [1.807, 2.05) is 6.92 Å². The van der Waals surface area contributed by atoms with Crippen molar-refractivity contribution in [2.24, 2.45) is 0 Å². The van der Waals surface area contributed by atoms with Gasteiger partial charge in [-0.05, 0) is 6.42 Å². The first-order chi connectivity index (χ1) is 5.40. The Bertz CT molecular complexity index is 365. The number of nitrogens with zero attached hydrogens (tertiary/aromatic N) is 3. The molecule has 56 valence electrons. The Morgan fingerprint density at radius 1 is 1.45 bits per heavy atom. The molecular formula is C7H8N4. The molecule has 0 amide bonds. The number of H-pyrrole nitrogens is 1. The van der Waals surface area contributed by atoms with Crippen molar-refractivity contribution in [1.29, 1.82) is 0 Å². The second-order valence-corrected chi connectivity index (χ2v) is 2.32. The summed E-state index contributed by atoms with van der Waals surface area (Å²) in [6.07, 6.45) is 4.35. The van der Waals surface area contributed by atoms with Gasteiger partial charge in [-0.25, -0.2) is 9.97 Å². The predicted octanol–water partition coefficient (Wildman–Crippen LogP) is 0.915. The molecule has 0 spiro atoms. The summed E-state index contributed by atoms with van der Waals surface area (Å²) in [4.78, 5) is 8.43. The van der Waals surface area contributed by atoms with Crippen LogP contribution in [0.1, 0.15) is 12.6 Å². The van der Waals surface area contributed by atoms with Gasteiger partial charge < -0.3 is 0 Å². The zero-order valence-electron chi connectivity index (χ0n) is 6.20. The third-order valence-corrected chi connectivity index (χ3v) is 1.57. The van der Waals surface area contributed by atoms with Crippen LogP contribution in [0, 0.1) is 0 Å². The van der Waals surface area contributed by atoms with Crippen LogP contribution in [-0.4, -0.2) is 20.2 Å². The lowest BCUT2D eigenvalue weighted by molar-refractivity contribution is 1.01. The Kier molecular flexibility index (Phi) is 1.31. The van der Waals surface area contributed by atoms with E-state index in [2.05, 4.69) is 20.2 Å². The number of hydrogen-bond acceptors (Lipinski definition) is 3. The largest absolute Gasteiger partial charge is 0.259 e. The molecular weight excluding hydrogens is 140 g/mol. The Morgan fingerprint density at radius 3 is 3.18 bits per heavy atom. The van der Waals surface area contributed by atoms with Crippen LogP contribution in [0.15, 0.2) is 12.4 Å². The molecule has 2 aromatic heterocycles. The first-order valence-corrected chi connectivity index (χ1v) is 3.55. The van der Waals surface area contributed by atoms with Crippen LogP contribution < -0.4 is 0 Å². The molecule has 2 rings (SSSR count). The van der Waals surface area contributed by atoms with Crippen LogP contribution in [0.5, 0.6) is 0 Å². The first-order valence-electron chi connectivity index (χ1n) is 3.55. The molecule has 0 aliphatic carbocycles. The smallest absolute Gasteiger partial charge is 0.174 e. The highest BCUT2D eigenvalue weighted by Crippen LogP contribution is 2.04. The van der Waals surface area contributed by atoms with Crippen LogP contribution in [0.25, 0.3) is 11.2 Å². The average Bonchev–Trinajstić information content (AvgIpc) is 2.50. The molecule has 0 aromatic carbocycles. The highest BCUT2D eigenvalue weighted by molar-refractivity contribution is 5.67. The number of aryl methyl sites for hydroxylation is 1. The summed E-state index contributed by atoms with van der Waals surface area (Å²) in [7, 11) is 0. The van der Waals surface area contributed by atoms with Crippen LogP contribution in [-0.2, 0) is 6.42 Å². The molecule has 11 heavy (non-hydrogen) atoms. The maximum Gasteiger partial charge on any atom is 0.174 e. The third-order valence-electron chi connectivity index (χ3n) is 1.57. The molecule has 0 saturated heterocycles. The van der Waals surface area contributed by atoms with Crippen LogP contribution in [0.2, 0.25) is 0 Å². The van der Waals surface area contributed by atoms with Crippen molar-refractivity contribution in [3.05, 3.63) is 18.1 Å². The summed E-state index contributed by atoms with van der Waals surface area (Å²) < 4.78 is 0. The minimum atomic E-state index is 0.768. The van der Waals surface area contributed by atoms with Gasteiger partial charge in [0.15, 0.2) is 5.65 Å². The van der Waals surface area contributed by atoms with Crippen LogP contribution in [0.4, 0.5) is 0 Å². The fourth-order valence-electron chi connectivity index (χ4n) is 0.937. The normalized spacial score (nSPS) is 10.6. The Balaban J connectivity index is 2.67. The van der Waals surface area contributed by atoms with E-state index in [9.17, 15) is 0 Å². The number of aromatic nitrogens is 4. The molecule has 0 bridgehead atoms. The van der Waals surface area contributed by atoms with Crippen molar-refractivity contribution in [2.75, 3.05) is 0 Å². The molecule has 0 unspecified atom stereocenters. The fourth-order valence-corrected chi connectivity index (χ4v) is 0.937. The second kappa shape index (κ2) is 2.30. The SMILES string of the molecule is CCc1cnc2cn[nH]c2n1. The zero-order valence-corrected chi connectivity index (χ0v) is 6.20. The van der Waals surface area contributed by atoms with Gasteiger partial charge in [-0.15, -0.1) is 0 Å². The number of nitrogens with one attached hydrogen (secondary N) is 1. The second-order valence-electron chi connectivity index (χ2n) is 2.32. The maximum absolute atomic E-state index is 4.27. The number of rotatable bonds is 1. The van der Waals surface area contributed by atoms with E-state index in [1.165, 1.54) is 0 Å². The highest BCUT2D eigenvalue weighted by atomic mass is 15.1. The summed E-state index contributed by atoms with van der Waals surface area (Å²) in [6.45, 7) is 2.05. The minimum absolute atomic E-state index is 0.768. The van der Waals surface area contributed by atoms with Gasteiger partial charge >= 0.3 is 0 Å². The number of fused-ring (bicyclic) bond motifs is 1. The molecule has 4 heteroatoms. The quantitative estimate of drug-likeness (QED) is 0.654. The average molecular weight is 148 g/mol. The highest BCUT2D eigenvalue weighted by Gasteiger charge is 1.97. The van der Waals surface area contributed by atoms with Gasteiger partial charge in [-0.1, -0.05) is 6.92 Å². The van der Waals surface area contributed by atoms with E-state index in [0.717, 1.165) is 23.3 Å². The van der Waals surface area contributed by atoms with Crippen molar-refractivity contribution in [3.63, 3.8) is 0 Å². The summed E-state index contributed by atoms with van der Waals surface area (Å²) >= 11 is 0. The van der Waals surface area contributed by atoms with Crippen molar-refractivity contribution in [1.82, 2.24) is 20.2 Å². The molecule has 0 aliphatic heterocycles. The summed E-state index contributed by atoms with van der Waals surface area (Å²) in [5.74, 6) is 0. The summed E-state index contributed by atoms with van der Waals surface area (Å²) in [5, 5.41) is 6.60. The first kappa shape index (κ1) is 6.27. The molecule has 4 nitrogen and oxygen atoms in total. The molecule has 0 saturated carbocycles. The van der Waals surface area contributed by atoms with E-state index in [0.29, 0.717) is 0 Å². The van der Waals surface area contributed by atoms with Crippen molar-refractivity contribution >= 4 is 11.2 Å². The lowest BCUT2D eigenvalue weighted by Gasteiger charge is -1.92. The number of hydrogen-bond donors (Lipinski definition) is 1. The van der Waals surface area contributed by atoms with Gasteiger partial charge in [0.05, 0.1) is 11.9 Å². The molecule has 2 aromatic rings. The third kappa shape index (κ3) is 0.960. The van der Waals surface area contributed by atoms with Crippen molar-refractivity contribution in [2.45, 2.75) is 13.3 Å². The van der Waals surface area contributed by atoms with Gasteiger partial charge in [0.1, 0.15) is 5.52 Å². The van der Waals surface area contributed by atoms with E-state index in [4.69, 9.17) is 0 Å². The summed E-state index contributed by atoms with van der Waals surface area (Å²) in [5.41, 5.74) is 2.58. The molecule has 0 atom stereocenters. The Morgan fingerprint density at radius 2 is 2.36 bits per heavy atom. The molecule has 2 heterocycles. The molecule has 1 N–H and O–H groups in total. The van der Waals surface area contributed by atoms with E-state index in [-0.39, 0.29) is 0 Å². The van der Waals surface area contributed by atoms with E-state index < -0.39 is 0 Å². The van der Waals surface area contributed by atoms with Crippen molar-refractivity contribution in [3.8, 4) is 0 Å². The van der Waals surface area contributed by atoms with E-state index in [1.54, 1.807) is 12.4 Å². The van der Waals surface area contributed by atoms with Gasteiger partial charge in [-0.2, -0.15) is 5.10 Å². The Labute approximate surface area is 63.7 Å². The standard InChI is InChI=1S/C7H8N4/c1-2-5-3-8-6-4-9-11-7(6)10-5/h3-4H,2H2,1H3,(H,9,10,11). The van der Waals surface area contributed by atoms with Gasteiger partial charge in [0, 0.05) is 6.20 Å². The molecule has 0 aliphatic rings. The predicted molar refractivity (Wildman–Crippen MR) is 41.1 cm³/mol. The maximum atomic E-state index is 4.27. The topological polar surface area (TPSA) is 54.5 Å². The van der Waals surface area contributed by atoms with Gasteiger partial charge in [0.25, 0.3) is 0 Å². The van der Waals surface area contributed by atoms with Crippen LogP contribution >= 0.6 is 0 Å². The Hall–Kier alpha value is -1.45. The molecule has 0 radical (unpaired) electrons. The fraction of sp³-hybridized carbons (Fsp3) is 0.286. The summed E-state index contributed by atoms with van der Waals surface area (Å²) in [6, 6.07) is 0. The monoisotopic (exact) mass is 148 g/mol. The lowest BCUT2D eigenvalue weighted by atomic mass is 10.3. The minimum Gasteiger partial charge on any atom is -0.259 e. The van der Waals surface area contributed by atoms with E-state index >= 15 is 0 Å². The van der Waals surface area contributed by atoms with Crippen LogP contribution in [0.3, 0.4) is 0 Å². The van der Waals surface area contributed by atoms with Gasteiger partial charge in [0.2, 0.25) is 0 Å². The van der Waals surface area contributed by atoms with Gasteiger partial charge in [-0.3, -0.25) is 5.10 Å². The molecule has 0 fully saturated rings. The lowest BCUT2D eigenvalue weighted by Crippen LogP contribution is -1.88.